The summed E-state index contributed by atoms with van der Waals surface area (Å²) in [5, 5.41) is 0. The molecule has 0 aliphatic carbocycles. The Balaban J connectivity index is 1.97. The summed E-state index contributed by atoms with van der Waals surface area (Å²) in [6.07, 6.45) is -4.18. The van der Waals surface area contributed by atoms with Crippen LogP contribution in [0.5, 0.6) is 0 Å². The van der Waals surface area contributed by atoms with Crippen LogP contribution in [0.15, 0.2) is 18.2 Å². The predicted octanol–water partition coefficient (Wildman–Crippen LogP) is 1.97. The molecule has 0 amide bonds. The molecule has 1 aliphatic rings. The van der Waals surface area contributed by atoms with Crippen molar-refractivity contribution in [3.63, 3.8) is 0 Å². The third-order valence-corrected chi connectivity index (χ3v) is 3.36. The van der Waals surface area contributed by atoms with Gasteiger partial charge in [-0.25, -0.2) is 4.39 Å². The van der Waals surface area contributed by atoms with Gasteiger partial charge in [0.2, 0.25) is 0 Å². The van der Waals surface area contributed by atoms with E-state index in [2.05, 4.69) is 0 Å². The minimum Gasteiger partial charge on any atom is -0.367 e. The second kappa shape index (κ2) is 5.97. The number of alkyl halides is 3. The van der Waals surface area contributed by atoms with Gasteiger partial charge in [0, 0.05) is 32.7 Å². The van der Waals surface area contributed by atoms with E-state index in [-0.39, 0.29) is 25.5 Å². The third-order valence-electron chi connectivity index (χ3n) is 3.36. The highest BCUT2D eigenvalue weighted by molar-refractivity contribution is 5.49. The van der Waals surface area contributed by atoms with Crippen molar-refractivity contribution < 1.29 is 17.6 Å². The highest BCUT2D eigenvalue weighted by atomic mass is 19.4. The first kappa shape index (κ1) is 15.1. The lowest BCUT2D eigenvalue weighted by Gasteiger charge is -2.36. The molecule has 0 saturated carbocycles. The van der Waals surface area contributed by atoms with E-state index in [4.69, 9.17) is 5.73 Å². The molecule has 1 aromatic rings. The van der Waals surface area contributed by atoms with Gasteiger partial charge in [0.15, 0.2) is 0 Å². The Labute approximate surface area is 115 Å². The Hall–Kier alpha value is -1.34. The monoisotopic (exact) mass is 291 g/mol. The quantitative estimate of drug-likeness (QED) is 0.864. The molecule has 1 fully saturated rings. The van der Waals surface area contributed by atoms with Crippen LogP contribution < -0.4 is 10.6 Å². The predicted molar refractivity (Wildman–Crippen MR) is 69.0 cm³/mol. The molecule has 0 unspecified atom stereocenters. The van der Waals surface area contributed by atoms with E-state index in [0.717, 1.165) is 0 Å². The topological polar surface area (TPSA) is 32.5 Å². The van der Waals surface area contributed by atoms with E-state index in [9.17, 15) is 17.6 Å². The van der Waals surface area contributed by atoms with Gasteiger partial charge in [-0.05, 0) is 17.7 Å². The molecule has 1 aliphatic heterocycles. The standard InChI is InChI=1S/C13H17F4N3/c14-11-7-10(8-18)1-2-12(11)20-5-3-19(4-6-20)9-13(15,16)17/h1-2,7H,3-6,8-9,18H2. The Kier molecular flexibility index (Phi) is 4.49. The Bertz CT molecular complexity index is 453. The molecule has 7 heteroatoms. The lowest BCUT2D eigenvalue weighted by Crippen LogP contribution is -2.49. The van der Waals surface area contributed by atoms with Crippen molar-refractivity contribution in [1.82, 2.24) is 4.90 Å². The summed E-state index contributed by atoms with van der Waals surface area (Å²) in [5.41, 5.74) is 6.55. The molecule has 1 saturated heterocycles. The number of rotatable bonds is 3. The van der Waals surface area contributed by atoms with E-state index in [1.54, 1.807) is 17.0 Å². The molecule has 1 aromatic carbocycles. The smallest absolute Gasteiger partial charge is 0.367 e. The molecule has 0 aromatic heterocycles. The van der Waals surface area contributed by atoms with Crippen LogP contribution in [0.4, 0.5) is 23.2 Å². The fraction of sp³-hybridized carbons (Fsp3) is 0.538. The number of hydrogen-bond donors (Lipinski definition) is 1. The minimum absolute atomic E-state index is 0.260. The molecule has 0 atom stereocenters. The molecule has 3 nitrogen and oxygen atoms in total. The van der Waals surface area contributed by atoms with Crippen LogP contribution >= 0.6 is 0 Å². The molecule has 0 radical (unpaired) electrons. The number of benzene rings is 1. The van der Waals surface area contributed by atoms with Crippen molar-refractivity contribution in [3.8, 4) is 0 Å². The van der Waals surface area contributed by atoms with Crippen LogP contribution in [0, 0.1) is 5.82 Å². The van der Waals surface area contributed by atoms with E-state index < -0.39 is 12.7 Å². The fourth-order valence-corrected chi connectivity index (χ4v) is 2.33. The van der Waals surface area contributed by atoms with Gasteiger partial charge in [0.25, 0.3) is 0 Å². The normalized spacial score (nSPS) is 17.6. The van der Waals surface area contributed by atoms with E-state index >= 15 is 0 Å². The molecule has 112 valence electrons. The van der Waals surface area contributed by atoms with Gasteiger partial charge in [0.05, 0.1) is 12.2 Å². The number of hydrogen-bond acceptors (Lipinski definition) is 3. The van der Waals surface area contributed by atoms with Crippen LogP contribution in [-0.4, -0.2) is 43.8 Å². The zero-order chi connectivity index (χ0) is 14.8. The number of nitrogens with zero attached hydrogens (tertiary/aromatic N) is 2. The molecule has 2 N–H and O–H groups in total. The average Bonchev–Trinajstić information content (AvgIpc) is 2.38. The van der Waals surface area contributed by atoms with Gasteiger partial charge >= 0.3 is 6.18 Å². The van der Waals surface area contributed by atoms with Crippen molar-refractivity contribution in [2.24, 2.45) is 5.73 Å². The number of nitrogens with two attached hydrogens (primary N) is 1. The van der Waals surface area contributed by atoms with E-state index in [1.165, 1.54) is 11.0 Å². The van der Waals surface area contributed by atoms with Gasteiger partial charge in [0.1, 0.15) is 5.82 Å². The van der Waals surface area contributed by atoms with Gasteiger partial charge in [-0.1, -0.05) is 6.07 Å². The molecule has 1 heterocycles. The Morgan fingerprint density at radius 1 is 1.10 bits per heavy atom. The summed E-state index contributed by atoms with van der Waals surface area (Å²) in [5.74, 6) is -0.378. The lowest BCUT2D eigenvalue weighted by atomic mass is 10.1. The van der Waals surface area contributed by atoms with Crippen molar-refractivity contribution in [3.05, 3.63) is 29.6 Å². The Morgan fingerprint density at radius 2 is 1.75 bits per heavy atom. The average molecular weight is 291 g/mol. The highest BCUT2D eigenvalue weighted by Crippen LogP contribution is 2.23. The van der Waals surface area contributed by atoms with Crippen molar-refractivity contribution in [2.45, 2.75) is 12.7 Å². The second-order valence-electron chi connectivity index (χ2n) is 4.87. The molecule has 2 rings (SSSR count). The maximum absolute atomic E-state index is 13.9. The largest absolute Gasteiger partial charge is 0.401 e. The van der Waals surface area contributed by atoms with Gasteiger partial charge < -0.3 is 10.6 Å². The maximum atomic E-state index is 13.9. The summed E-state index contributed by atoms with van der Waals surface area (Å²) < 4.78 is 50.7. The summed E-state index contributed by atoms with van der Waals surface area (Å²) in [6, 6.07) is 4.74. The Morgan fingerprint density at radius 3 is 2.25 bits per heavy atom. The molecule has 0 spiro atoms. The first-order valence-corrected chi connectivity index (χ1v) is 6.41. The summed E-state index contributed by atoms with van der Waals surface area (Å²) in [4.78, 5) is 3.10. The van der Waals surface area contributed by atoms with Crippen LogP contribution in [0.25, 0.3) is 0 Å². The highest BCUT2D eigenvalue weighted by Gasteiger charge is 2.32. The number of halogens is 4. The van der Waals surface area contributed by atoms with E-state index in [0.29, 0.717) is 24.3 Å². The number of anilines is 1. The maximum Gasteiger partial charge on any atom is 0.401 e. The van der Waals surface area contributed by atoms with Crippen molar-refractivity contribution in [2.75, 3.05) is 37.6 Å². The zero-order valence-electron chi connectivity index (χ0n) is 11.0. The van der Waals surface area contributed by atoms with Gasteiger partial charge in [-0.2, -0.15) is 13.2 Å². The second-order valence-corrected chi connectivity index (χ2v) is 4.87. The fourth-order valence-electron chi connectivity index (χ4n) is 2.33. The van der Waals surface area contributed by atoms with Crippen LogP contribution in [-0.2, 0) is 6.54 Å². The minimum atomic E-state index is -4.18. The zero-order valence-corrected chi connectivity index (χ0v) is 11.0. The van der Waals surface area contributed by atoms with Crippen molar-refractivity contribution in [1.29, 1.82) is 0 Å². The number of piperazine rings is 1. The lowest BCUT2D eigenvalue weighted by molar-refractivity contribution is -0.146. The van der Waals surface area contributed by atoms with Crippen LogP contribution in [0.2, 0.25) is 0 Å². The van der Waals surface area contributed by atoms with Crippen molar-refractivity contribution >= 4 is 5.69 Å². The third kappa shape index (κ3) is 3.83. The van der Waals surface area contributed by atoms with Gasteiger partial charge in [-0.15, -0.1) is 0 Å². The summed E-state index contributed by atoms with van der Waals surface area (Å²) in [6.45, 7) is 0.672. The SMILES string of the molecule is NCc1ccc(N2CCN(CC(F)(F)F)CC2)c(F)c1. The summed E-state index contributed by atoms with van der Waals surface area (Å²) in [7, 11) is 0. The van der Waals surface area contributed by atoms with Crippen LogP contribution in [0.1, 0.15) is 5.56 Å². The van der Waals surface area contributed by atoms with E-state index in [1.807, 2.05) is 0 Å². The van der Waals surface area contributed by atoms with Crippen LogP contribution in [0.3, 0.4) is 0 Å². The molecular weight excluding hydrogens is 274 g/mol. The first-order chi connectivity index (χ1) is 9.39. The summed E-state index contributed by atoms with van der Waals surface area (Å²) >= 11 is 0. The van der Waals surface area contributed by atoms with Gasteiger partial charge in [-0.3, -0.25) is 4.90 Å². The first-order valence-electron chi connectivity index (χ1n) is 6.41. The molecule has 20 heavy (non-hydrogen) atoms. The molecule has 0 bridgehead atoms. The molecular formula is C13H17F4N3.